The van der Waals surface area contributed by atoms with Crippen molar-refractivity contribution in [1.82, 2.24) is 10.2 Å². The minimum atomic E-state index is -0.265. The van der Waals surface area contributed by atoms with Gasteiger partial charge in [0.15, 0.2) is 6.61 Å². The van der Waals surface area contributed by atoms with Gasteiger partial charge in [0, 0.05) is 4.47 Å². The number of aryl methyl sites for hydroxylation is 1. The van der Waals surface area contributed by atoms with Crippen LogP contribution in [0.2, 0.25) is 0 Å². The van der Waals surface area contributed by atoms with Crippen molar-refractivity contribution in [3.05, 3.63) is 32.2 Å². The van der Waals surface area contributed by atoms with E-state index in [0.717, 1.165) is 20.4 Å². The van der Waals surface area contributed by atoms with Gasteiger partial charge in [0.2, 0.25) is 5.13 Å². The fourth-order valence-corrected chi connectivity index (χ4v) is 3.20. The number of benzene rings is 1. The molecule has 0 fully saturated rings. The molecular formula is C12H11Br2N3O2S. The van der Waals surface area contributed by atoms with Crippen molar-refractivity contribution >= 4 is 54.2 Å². The molecule has 0 spiro atoms. The molecule has 1 amide bonds. The van der Waals surface area contributed by atoms with Gasteiger partial charge in [-0.25, -0.2) is 0 Å². The second-order valence-corrected chi connectivity index (χ2v) is 6.60. The molecule has 1 N–H and O–H groups in total. The minimum Gasteiger partial charge on any atom is -0.483 e. The Morgan fingerprint density at radius 1 is 1.40 bits per heavy atom. The Labute approximate surface area is 137 Å². The van der Waals surface area contributed by atoms with E-state index in [2.05, 4.69) is 47.4 Å². The van der Waals surface area contributed by atoms with Crippen LogP contribution in [0.25, 0.3) is 0 Å². The van der Waals surface area contributed by atoms with Crippen LogP contribution >= 0.6 is 43.2 Å². The van der Waals surface area contributed by atoms with E-state index in [4.69, 9.17) is 4.74 Å². The van der Waals surface area contributed by atoms with Gasteiger partial charge >= 0.3 is 0 Å². The summed E-state index contributed by atoms with van der Waals surface area (Å²) in [5.41, 5.74) is 0. The Morgan fingerprint density at radius 3 is 2.85 bits per heavy atom. The second kappa shape index (κ2) is 7.14. The summed E-state index contributed by atoms with van der Waals surface area (Å²) in [6.07, 6.45) is 0.801. The zero-order chi connectivity index (χ0) is 14.5. The predicted molar refractivity (Wildman–Crippen MR) is 85.3 cm³/mol. The first-order chi connectivity index (χ1) is 9.58. The van der Waals surface area contributed by atoms with Crippen molar-refractivity contribution in [3.8, 4) is 5.75 Å². The fourth-order valence-electron chi connectivity index (χ4n) is 1.34. The normalized spacial score (nSPS) is 10.3. The smallest absolute Gasteiger partial charge is 0.264 e. The van der Waals surface area contributed by atoms with Crippen LogP contribution in [-0.2, 0) is 11.2 Å². The van der Waals surface area contributed by atoms with Gasteiger partial charge in [-0.3, -0.25) is 10.1 Å². The Balaban J connectivity index is 1.88. The number of ether oxygens (including phenoxy) is 1. The third-order valence-electron chi connectivity index (χ3n) is 2.27. The Morgan fingerprint density at radius 2 is 2.20 bits per heavy atom. The van der Waals surface area contributed by atoms with E-state index < -0.39 is 0 Å². The molecule has 0 atom stereocenters. The molecule has 1 heterocycles. The highest BCUT2D eigenvalue weighted by Crippen LogP contribution is 2.28. The lowest BCUT2D eigenvalue weighted by molar-refractivity contribution is -0.118. The number of carbonyl (C=O) groups is 1. The molecule has 0 radical (unpaired) electrons. The SMILES string of the molecule is CCc1nnc(NC(=O)COc2ccc(Br)cc2Br)s1. The van der Waals surface area contributed by atoms with Crippen molar-refractivity contribution in [1.29, 1.82) is 0 Å². The molecule has 2 rings (SSSR count). The number of hydrogen-bond donors (Lipinski definition) is 1. The predicted octanol–water partition coefficient (Wildman–Crippen LogP) is 3.64. The first kappa shape index (κ1) is 15.4. The summed E-state index contributed by atoms with van der Waals surface area (Å²) in [5.74, 6) is 0.341. The van der Waals surface area contributed by atoms with Gasteiger partial charge in [-0.05, 0) is 40.5 Å². The maximum Gasteiger partial charge on any atom is 0.264 e. The largest absolute Gasteiger partial charge is 0.483 e. The van der Waals surface area contributed by atoms with Crippen molar-refractivity contribution < 1.29 is 9.53 Å². The summed E-state index contributed by atoms with van der Waals surface area (Å²) in [6, 6.07) is 5.48. The van der Waals surface area contributed by atoms with Crippen LogP contribution in [0.3, 0.4) is 0 Å². The van der Waals surface area contributed by atoms with Crippen LogP contribution in [-0.4, -0.2) is 22.7 Å². The number of halogens is 2. The quantitative estimate of drug-likeness (QED) is 0.801. The molecule has 0 aliphatic heterocycles. The lowest BCUT2D eigenvalue weighted by atomic mass is 10.3. The average molecular weight is 421 g/mol. The summed E-state index contributed by atoms with van der Waals surface area (Å²) in [4.78, 5) is 11.7. The molecule has 0 bridgehead atoms. The van der Waals surface area contributed by atoms with Crippen LogP contribution in [0, 0.1) is 0 Å². The van der Waals surface area contributed by atoms with E-state index in [0.29, 0.717) is 10.9 Å². The third-order valence-corrected chi connectivity index (χ3v) is 4.36. The van der Waals surface area contributed by atoms with Crippen molar-refractivity contribution in [2.45, 2.75) is 13.3 Å². The lowest BCUT2D eigenvalue weighted by Crippen LogP contribution is -2.20. The number of nitrogens with zero attached hydrogens (tertiary/aromatic N) is 2. The number of hydrogen-bond acceptors (Lipinski definition) is 5. The Kier molecular flexibility index (Phi) is 5.50. The monoisotopic (exact) mass is 419 g/mol. The van der Waals surface area contributed by atoms with Crippen LogP contribution in [0.1, 0.15) is 11.9 Å². The first-order valence-corrected chi connectivity index (χ1v) is 8.19. The highest BCUT2D eigenvalue weighted by molar-refractivity contribution is 9.11. The van der Waals surface area contributed by atoms with Gasteiger partial charge in [-0.1, -0.05) is 34.2 Å². The number of nitrogens with one attached hydrogen (secondary N) is 1. The summed E-state index contributed by atoms with van der Waals surface area (Å²) in [5, 5.41) is 11.8. The summed E-state index contributed by atoms with van der Waals surface area (Å²) >= 11 is 8.08. The minimum absolute atomic E-state index is 0.0821. The Bertz CT molecular complexity index is 618. The molecule has 0 saturated carbocycles. The van der Waals surface area contributed by atoms with Crippen LogP contribution in [0.15, 0.2) is 27.1 Å². The molecule has 8 heteroatoms. The highest BCUT2D eigenvalue weighted by atomic mass is 79.9. The summed E-state index contributed by atoms with van der Waals surface area (Å²) < 4.78 is 7.15. The number of anilines is 1. The van der Waals surface area contributed by atoms with Crippen LogP contribution < -0.4 is 10.1 Å². The number of amides is 1. The molecule has 1 aromatic heterocycles. The van der Waals surface area contributed by atoms with Gasteiger partial charge in [0.05, 0.1) is 4.47 Å². The zero-order valence-electron chi connectivity index (χ0n) is 10.5. The summed E-state index contributed by atoms with van der Waals surface area (Å²) in [7, 11) is 0. The molecule has 106 valence electrons. The maximum atomic E-state index is 11.7. The van der Waals surface area contributed by atoms with Crippen molar-refractivity contribution in [2.75, 3.05) is 11.9 Å². The van der Waals surface area contributed by atoms with Crippen molar-refractivity contribution in [2.24, 2.45) is 0 Å². The zero-order valence-corrected chi connectivity index (χ0v) is 14.5. The molecule has 20 heavy (non-hydrogen) atoms. The van der Waals surface area contributed by atoms with E-state index in [9.17, 15) is 4.79 Å². The Hall–Kier alpha value is -0.990. The van der Waals surface area contributed by atoms with Crippen molar-refractivity contribution in [3.63, 3.8) is 0 Å². The molecule has 0 saturated heterocycles. The summed E-state index contributed by atoms with van der Waals surface area (Å²) in [6.45, 7) is 1.90. The number of carbonyl (C=O) groups excluding carboxylic acids is 1. The standard InChI is InChI=1S/C12H11Br2N3O2S/c1-2-11-16-17-12(20-11)15-10(18)6-19-9-4-3-7(13)5-8(9)14/h3-5H,2,6H2,1H3,(H,15,17,18). The van der Waals surface area contributed by atoms with Crippen LogP contribution in [0.4, 0.5) is 5.13 Å². The van der Waals surface area contributed by atoms with Gasteiger partial charge in [0.25, 0.3) is 5.91 Å². The first-order valence-electron chi connectivity index (χ1n) is 5.78. The molecule has 2 aromatic rings. The van der Waals surface area contributed by atoms with E-state index in [1.54, 1.807) is 6.07 Å². The van der Waals surface area contributed by atoms with E-state index in [1.807, 2.05) is 19.1 Å². The molecular weight excluding hydrogens is 410 g/mol. The van der Waals surface area contributed by atoms with Gasteiger partial charge in [-0.15, -0.1) is 10.2 Å². The van der Waals surface area contributed by atoms with Crippen LogP contribution in [0.5, 0.6) is 5.75 Å². The highest BCUT2D eigenvalue weighted by Gasteiger charge is 2.09. The topological polar surface area (TPSA) is 64.1 Å². The van der Waals surface area contributed by atoms with E-state index in [-0.39, 0.29) is 12.5 Å². The van der Waals surface area contributed by atoms with E-state index >= 15 is 0 Å². The van der Waals surface area contributed by atoms with Gasteiger partial charge < -0.3 is 4.74 Å². The molecule has 1 aromatic carbocycles. The molecule has 5 nitrogen and oxygen atoms in total. The molecule has 0 unspecified atom stereocenters. The fraction of sp³-hybridized carbons (Fsp3) is 0.250. The molecule has 0 aliphatic carbocycles. The maximum absolute atomic E-state index is 11.7. The van der Waals surface area contributed by atoms with E-state index in [1.165, 1.54) is 11.3 Å². The second-order valence-electron chi connectivity index (χ2n) is 3.77. The van der Waals surface area contributed by atoms with Gasteiger partial charge in [0.1, 0.15) is 10.8 Å². The number of rotatable bonds is 5. The van der Waals surface area contributed by atoms with Gasteiger partial charge in [-0.2, -0.15) is 0 Å². The lowest BCUT2D eigenvalue weighted by Gasteiger charge is -2.07. The number of aromatic nitrogens is 2. The average Bonchev–Trinajstić information content (AvgIpc) is 2.85. The molecule has 0 aliphatic rings. The third kappa shape index (κ3) is 4.26.